The van der Waals surface area contributed by atoms with Gasteiger partial charge in [-0.3, -0.25) is 0 Å². The van der Waals surface area contributed by atoms with Gasteiger partial charge >= 0.3 is 15.1 Å². The maximum atomic E-state index is 6.62. The van der Waals surface area contributed by atoms with E-state index in [0.717, 1.165) is 67.7 Å². The van der Waals surface area contributed by atoms with Gasteiger partial charge < -0.3 is 16.3 Å². The minimum atomic E-state index is -2.91. The lowest BCUT2D eigenvalue weighted by molar-refractivity contribution is 0.310. The summed E-state index contributed by atoms with van der Waals surface area (Å²) in [6.07, 6.45) is 9.96. The van der Waals surface area contributed by atoms with Crippen LogP contribution < -0.4 is 16.3 Å². The van der Waals surface area contributed by atoms with Crippen molar-refractivity contribution in [3.05, 3.63) is 200 Å². The Morgan fingerprint density at radius 2 is 1.28 bits per heavy atom. The first-order chi connectivity index (χ1) is 28.1. The predicted octanol–water partition coefficient (Wildman–Crippen LogP) is 12.2. The van der Waals surface area contributed by atoms with Crippen molar-refractivity contribution in [1.82, 2.24) is 9.97 Å². The molecule has 276 valence electrons. The lowest BCUT2D eigenvalue weighted by atomic mass is 10.0. The molecule has 0 amide bonds. The first-order valence-corrected chi connectivity index (χ1v) is 20.7. The van der Waals surface area contributed by atoms with E-state index < -0.39 is 15.1 Å². The Bertz CT molecular complexity index is 2710. The van der Waals surface area contributed by atoms with Crippen molar-refractivity contribution in [3.63, 3.8) is 0 Å². The summed E-state index contributed by atoms with van der Waals surface area (Å²) >= 11 is -2.91. The van der Waals surface area contributed by atoms with Crippen LogP contribution in [0.2, 0.25) is 0 Å². The number of hydrogen-bond acceptors (Lipinski definition) is 6. The average Bonchev–Trinajstić information content (AvgIpc) is 3.25. The van der Waals surface area contributed by atoms with Gasteiger partial charge in [-0.2, -0.15) is 0 Å². The highest BCUT2D eigenvalue weighted by atomic mass is 27.3. The van der Waals surface area contributed by atoms with Crippen molar-refractivity contribution in [2.45, 2.75) is 19.8 Å². The number of fused-ring (bicyclic) bond motifs is 3. The molecule has 0 spiro atoms. The van der Waals surface area contributed by atoms with Crippen LogP contribution in [0.3, 0.4) is 0 Å². The fraction of sp³-hybridized carbons (Fsp3) is 0.0800. The molecule has 0 N–H and O–H groups in total. The largest absolute Gasteiger partial charge is 1.20 e. The second kappa shape index (κ2) is 16.2. The summed E-state index contributed by atoms with van der Waals surface area (Å²) in [7, 11) is 0. The molecule has 0 atom stereocenters. The van der Waals surface area contributed by atoms with Gasteiger partial charge in [0.1, 0.15) is 22.5 Å². The third kappa shape index (κ3) is 7.77. The van der Waals surface area contributed by atoms with Gasteiger partial charge in [0, 0.05) is 51.9 Å². The second-order valence-corrected chi connectivity index (χ2v) is 15.3. The van der Waals surface area contributed by atoms with E-state index in [9.17, 15) is 0 Å². The maximum absolute atomic E-state index is 6.62. The van der Waals surface area contributed by atoms with E-state index in [1.54, 1.807) is 0 Å². The maximum Gasteiger partial charge on any atom is 1.20 e. The van der Waals surface area contributed by atoms with E-state index in [1.165, 1.54) is 10.8 Å². The molecule has 1 aliphatic heterocycles. The van der Waals surface area contributed by atoms with Crippen LogP contribution in [0.15, 0.2) is 188 Å². The minimum Gasteiger partial charge on any atom is -0.577 e. The van der Waals surface area contributed by atoms with Crippen LogP contribution in [0, 0.1) is 0 Å². The number of nitrogens with zero attached hydrogens (tertiary/aromatic N) is 3. The van der Waals surface area contributed by atoms with Crippen LogP contribution in [-0.4, -0.2) is 31.7 Å². The van der Waals surface area contributed by atoms with Gasteiger partial charge in [-0.15, -0.1) is 0 Å². The highest BCUT2D eigenvalue weighted by Gasteiger charge is 2.45. The van der Waals surface area contributed by atoms with Crippen LogP contribution in [0.25, 0.3) is 43.7 Å². The molecule has 0 saturated heterocycles. The first kappa shape index (κ1) is 36.0. The van der Waals surface area contributed by atoms with Crippen molar-refractivity contribution in [2.75, 3.05) is 11.4 Å². The number of anilines is 2. The van der Waals surface area contributed by atoms with E-state index in [4.69, 9.17) is 21.3 Å². The van der Waals surface area contributed by atoms with Crippen LogP contribution in [0.4, 0.5) is 11.4 Å². The summed E-state index contributed by atoms with van der Waals surface area (Å²) in [4.78, 5) is 12.3. The monoisotopic (exact) mass is 757 g/mol. The Hall–Kier alpha value is -6.65. The number of hydrogen-bond donors (Lipinski definition) is 0. The van der Waals surface area contributed by atoms with Gasteiger partial charge in [0.2, 0.25) is 0 Å². The zero-order chi connectivity index (χ0) is 38.6. The summed E-state index contributed by atoms with van der Waals surface area (Å²) in [6, 6.07) is 52.0. The topological polar surface area (TPSA) is 56.7 Å². The van der Waals surface area contributed by atoms with E-state index in [2.05, 4.69) is 140 Å². The third-order valence-electron chi connectivity index (χ3n) is 10.2. The summed E-state index contributed by atoms with van der Waals surface area (Å²) in [6.45, 7) is 6.95. The third-order valence-corrected chi connectivity index (χ3v) is 11.6. The van der Waals surface area contributed by atoms with E-state index in [0.29, 0.717) is 30.2 Å². The Labute approximate surface area is 338 Å². The molecule has 0 fully saturated rings. The molecule has 0 unspecified atom stereocenters. The van der Waals surface area contributed by atoms with Crippen molar-refractivity contribution < 1.29 is 11.4 Å². The predicted molar refractivity (Wildman–Crippen MR) is 234 cm³/mol. The van der Waals surface area contributed by atoms with Gasteiger partial charge in [0.05, 0.1) is 5.75 Å². The summed E-state index contributed by atoms with van der Waals surface area (Å²) in [5.74, 6) is 1.93. The Balaban J connectivity index is 1.01. The highest BCUT2D eigenvalue weighted by Crippen LogP contribution is 2.35. The van der Waals surface area contributed by atoms with Crippen molar-refractivity contribution in [2.24, 2.45) is 0 Å². The molecule has 6 nitrogen and oxygen atoms in total. The lowest BCUT2D eigenvalue weighted by Gasteiger charge is -2.27. The Morgan fingerprint density at radius 3 is 1.93 bits per heavy atom. The molecule has 4 bridgehead atoms. The van der Waals surface area contributed by atoms with Gasteiger partial charge in [0.25, 0.3) is 0 Å². The summed E-state index contributed by atoms with van der Waals surface area (Å²) in [5, 5.41) is 4.38. The quantitative estimate of drug-likeness (QED) is 0.102. The fourth-order valence-corrected chi connectivity index (χ4v) is 8.62. The van der Waals surface area contributed by atoms with E-state index >= 15 is 0 Å². The number of pyridine rings is 2. The minimum absolute atomic E-state index is 0.605. The van der Waals surface area contributed by atoms with Crippen LogP contribution in [0.1, 0.15) is 24.7 Å². The Kier molecular flexibility index (Phi) is 10.2. The van der Waals surface area contributed by atoms with Crippen LogP contribution >= 0.6 is 0 Å². The van der Waals surface area contributed by atoms with Crippen molar-refractivity contribution >= 4 is 59.1 Å². The number of rotatable bonds is 10. The van der Waals surface area contributed by atoms with Crippen molar-refractivity contribution in [1.29, 1.82) is 0 Å². The molecule has 9 rings (SSSR count). The smallest absolute Gasteiger partial charge is 0.577 e. The average molecular weight is 758 g/mol. The summed E-state index contributed by atoms with van der Waals surface area (Å²) < 4.78 is 19.8. The molecule has 1 aliphatic rings. The molecule has 0 aliphatic carbocycles. The molecule has 2 aromatic heterocycles. The second-order valence-electron chi connectivity index (χ2n) is 14.0. The molecule has 0 radical (unpaired) electrons. The molecule has 8 aromatic rings. The normalized spacial score (nSPS) is 12.7. The zero-order valence-corrected chi connectivity index (χ0v) is 32.9. The molecule has 0 saturated carbocycles. The van der Waals surface area contributed by atoms with Crippen LogP contribution in [-0.2, 0) is 6.42 Å². The fourth-order valence-electron chi connectivity index (χ4n) is 7.30. The van der Waals surface area contributed by atoms with Crippen molar-refractivity contribution in [3.8, 4) is 28.4 Å². The number of benzene rings is 6. The molecule has 7 heteroatoms. The van der Waals surface area contributed by atoms with Gasteiger partial charge in [-0.25, -0.2) is 9.97 Å². The molecule has 3 heterocycles. The van der Waals surface area contributed by atoms with Gasteiger partial charge in [-0.1, -0.05) is 135 Å². The SMILES string of the molecule is C=C/C(=C\C=C/CC)CN(c1ccc(-c2ccc([O][Al]3[O]c4cccc5ccc(nc45)Cc4ccc5cccc(c5n4)[O]3)cc2)cc1)c1cccc2ccccc12. The van der Waals surface area contributed by atoms with Gasteiger partial charge in [0.15, 0.2) is 0 Å². The van der Waals surface area contributed by atoms with E-state index in [-0.39, 0.29) is 0 Å². The number of para-hydroxylation sites is 2. The van der Waals surface area contributed by atoms with Crippen LogP contribution in [0.5, 0.6) is 17.2 Å². The van der Waals surface area contributed by atoms with Gasteiger partial charge in [-0.05, 0) is 83.1 Å². The molecule has 6 aromatic carbocycles. The molecular formula is C50H40AlN3O3. The number of allylic oxidation sites excluding steroid dienone is 3. The molecular weight excluding hydrogens is 718 g/mol. The highest BCUT2D eigenvalue weighted by molar-refractivity contribution is 6.40. The summed E-state index contributed by atoms with van der Waals surface area (Å²) in [5.41, 5.74) is 8.94. The molecule has 57 heavy (non-hydrogen) atoms. The lowest BCUT2D eigenvalue weighted by Crippen LogP contribution is -2.37. The van der Waals surface area contributed by atoms with E-state index in [1.807, 2.05) is 54.6 Å². The Morgan fingerprint density at radius 1 is 0.684 bits per heavy atom. The standard InChI is InChI=1S/C31H29NO.C19H14N2O2.Al/c1-3-5-6-10-24(4-2)23-32(31-14-9-12-27-11-7-8-13-30(27)31)28-19-15-25(16-20-28)26-17-21-29(33)22-18-26;22-16-5-1-3-12-7-9-14(20-18(12)16)11-15-10-8-13-4-2-6-17(23)19(13)21-15;/h4-22,33H,2-3,23H2,1H3;1-10,22-23H,11H2;/q;;+3/p-3/b6-5-,24-10+;;. The number of aromatic nitrogens is 2. The first-order valence-electron chi connectivity index (χ1n) is 19.3. The zero-order valence-electron chi connectivity index (χ0n) is 31.7.